The number of hydrazine groups is 1. The van der Waals surface area contributed by atoms with Crippen LogP contribution in [0.15, 0.2) is 11.6 Å². The Morgan fingerprint density at radius 1 is 1.24 bits per heavy atom. The molecule has 3 N–H and O–H groups in total. The van der Waals surface area contributed by atoms with Crippen molar-refractivity contribution in [2.75, 3.05) is 6.54 Å². The van der Waals surface area contributed by atoms with Gasteiger partial charge in [-0.2, -0.15) is 0 Å². The number of hydrogen-bond donors (Lipinski definition) is 3. The highest BCUT2D eigenvalue weighted by Gasteiger charge is 2.16. The summed E-state index contributed by atoms with van der Waals surface area (Å²) in [4.78, 5) is 22.4. The molecule has 0 spiro atoms. The van der Waals surface area contributed by atoms with Gasteiger partial charge in [0.1, 0.15) is 5.60 Å². The molecule has 0 aromatic carbocycles. The van der Waals surface area contributed by atoms with E-state index in [0.717, 1.165) is 5.57 Å². The zero-order valence-electron chi connectivity index (χ0n) is 11.0. The third-order valence-corrected chi connectivity index (χ3v) is 1.70. The fraction of sp³-hybridized carbons (Fsp3) is 0.636. The summed E-state index contributed by atoms with van der Waals surface area (Å²) in [6.07, 6.45) is 1.19. The minimum Gasteiger partial charge on any atom is -0.443 e. The van der Waals surface area contributed by atoms with E-state index in [1.807, 2.05) is 19.9 Å². The van der Waals surface area contributed by atoms with Gasteiger partial charge in [-0.05, 0) is 34.6 Å². The Hall–Kier alpha value is -1.72. The van der Waals surface area contributed by atoms with Crippen LogP contribution in [0.2, 0.25) is 0 Å². The van der Waals surface area contributed by atoms with Gasteiger partial charge < -0.3 is 10.1 Å². The first-order valence-corrected chi connectivity index (χ1v) is 5.39. The number of ether oxygens (including phenoxy) is 1. The van der Waals surface area contributed by atoms with Gasteiger partial charge in [0.2, 0.25) is 0 Å². The fourth-order valence-corrected chi connectivity index (χ4v) is 0.777. The molecule has 0 radical (unpaired) electrons. The molecule has 0 aliphatic carbocycles. The number of nitrogens with one attached hydrogen (secondary N) is 3. The molecule has 0 aliphatic rings. The average Bonchev–Trinajstić information content (AvgIpc) is 2.20. The molecule has 17 heavy (non-hydrogen) atoms. The summed E-state index contributed by atoms with van der Waals surface area (Å²) in [5, 5.41) is 2.56. The lowest BCUT2D eigenvalue weighted by molar-refractivity contribution is 0.0505. The molecule has 6 nitrogen and oxygen atoms in total. The highest BCUT2D eigenvalue weighted by Crippen LogP contribution is 2.05. The van der Waals surface area contributed by atoms with E-state index in [4.69, 9.17) is 4.74 Å². The van der Waals surface area contributed by atoms with Crippen LogP contribution in [-0.4, -0.2) is 24.3 Å². The topological polar surface area (TPSA) is 79.5 Å². The van der Waals surface area contributed by atoms with Gasteiger partial charge in [-0.15, -0.1) is 0 Å². The largest absolute Gasteiger partial charge is 0.443 e. The highest BCUT2D eigenvalue weighted by molar-refractivity contribution is 5.77. The second kappa shape index (κ2) is 6.78. The Morgan fingerprint density at radius 2 is 1.82 bits per heavy atom. The van der Waals surface area contributed by atoms with E-state index in [1.54, 1.807) is 20.8 Å². The van der Waals surface area contributed by atoms with Crippen LogP contribution in [-0.2, 0) is 4.74 Å². The smallest absolute Gasteiger partial charge is 0.426 e. The second-order valence-corrected chi connectivity index (χ2v) is 4.57. The predicted molar refractivity (Wildman–Crippen MR) is 65.3 cm³/mol. The van der Waals surface area contributed by atoms with E-state index in [1.165, 1.54) is 0 Å². The molecule has 0 rings (SSSR count). The van der Waals surface area contributed by atoms with Crippen molar-refractivity contribution >= 4 is 12.1 Å². The molecule has 0 atom stereocenters. The van der Waals surface area contributed by atoms with E-state index < -0.39 is 17.7 Å². The molecule has 0 aromatic heterocycles. The molecule has 0 aliphatic heterocycles. The van der Waals surface area contributed by atoms with Crippen molar-refractivity contribution in [1.82, 2.24) is 16.2 Å². The third kappa shape index (κ3) is 9.22. The van der Waals surface area contributed by atoms with Crippen LogP contribution >= 0.6 is 0 Å². The summed E-state index contributed by atoms with van der Waals surface area (Å²) < 4.78 is 4.93. The lowest BCUT2D eigenvalue weighted by Crippen LogP contribution is -2.48. The molecular weight excluding hydrogens is 222 g/mol. The van der Waals surface area contributed by atoms with Crippen LogP contribution < -0.4 is 16.2 Å². The minimum absolute atomic E-state index is 0.429. The maximum Gasteiger partial charge on any atom is 0.426 e. The summed E-state index contributed by atoms with van der Waals surface area (Å²) >= 11 is 0. The minimum atomic E-state index is -0.699. The first kappa shape index (κ1) is 15.3. The Labute approximate surface area is 102 Å². The summed E-state index contributed by atoms with van der Waals surface area (Å²) in [7, 11) is 0. The molecule has 0 bridgehead atoms. The molecule has 0 fully saturated rings. The quantitative estimate of drug-likeness (QED) is 0.510. The number of rotatable bonds is 2. The van der Waals surface area contributed by atoms with Gasteiger partial charge in [-0.25, -0.2) is 20.4 Å². The third-order valence-electron chi connectivity index (χ3n) is 1.70. The molecule has 0 saturated carbocycles. The Kier molecular flexibility index (Phi) is 6.09. The first-order valence-electron chi connectivity index (χ1n) is 5.39. The standard InChI is InChI=1S/C11H21N3O3/c1-6-8(2)7-12-9(15)13-14-10(16)17-11(3,4)5/h6H,7H2,1-5H3,(H,14,16)(H2,12,13,15)/b8-6+. The maximum atomic E-state index is 11.2. The lowest BCUT2D eigenvalue weighted by Gasteiger charge is -2.19. The van der Waals surface area contributed by atoms with Gasteiger partial charge in [-0.3, -0.25) is 0 Å². The normalized spacial score (nSPS) is 11.7. The van der Waals surface area contributed by atoms with Crippen molar-refractivity contribution in [2.45, 2.75) is 40.2 Å². The number of hydrogen-bond acceptors (Lipinski definition) is 3. The van der Waals surface area contributed by atoms with Crippen LogP contribution in [0, 0.1) is 0 Å². The van der Waals surface area contributed by atoms with E-state index in [0.29, 0.717) is 6.54 Å². The molecule has 0 heterocycles. The van der Waals surface area contributed by atoms with Gasteiger partial charge >= 0.3 is 12.1 Å². The van der Waals surface area contributed by atoms with E-state index in [9.17, 15) is 9.59 Å². The monoisotopic (exact) mass is 243 g/mol. The number of carbonyl (C=O) groups excluding carboxylic acids is 2. The average molecular weight is 243 g/mol. The molecular formula is C11H21N3O3. The molecule has 0 aromatic rings. The van der Waals surface area contributed by atoms with Gasteiger partial charge in [0.15, 0.2) is 0 Å². The van der Waals surface area contributed by atoms with Crippen LogP contribution in [0.5, 0.6) is 0 Å². The summed E-state index contributed by atoms with van der Waals surface area (Å²) in [6.45, 7) is 9.42. The van der Waals surface area contributed by atoms with Crippen LogP contribution in [0.4, 0.5) is 9.59 Å². The molecule has 0 unspecified atom stereocenters. The van der Waals surface area contributed by atoms with Crippen molar-refractivity contribution in [2.24, 2.45) is 0 Å². The van der Waals surface area contributed by atoms with Crippen molar-refractivity contribution in [1.29, 1.82) is 0 Å². The first-order chi connectivity index (χ1) is 7.74. The Balaban J connectivity index is 3.81. The van der Waals surface area contributed by atoms with Crippen molar-refractivity contribution in [3.63, 3.8) is 0 Å². The highest BCUT2D eigenvalue weighted by atomic mass is 16.6. The fourth-order valence-electron chi connectivity index (χ4n) is 0.777. The van der Waals surface area contributed by atoms with E-state index in [-0.39, 0.29) is 0 Å². The number of amides is 3. The summed E-state index contributed by atoms with van der Waals surface area (Å²) in [6, 6.07) is -0.489. The molecule has 3 amide bonds. The zero-order valence-corrected chi connectivity index (χ0v) is 11.0. The summed E-state index contributed by atoms with van der Waals surface area (Å²) in [5.41, 5.74) is 4.75. The van der Waals surface area contributed by atoms with Crippen molar-refractivity contribution < 1.29 is 14.3 Å². The van der Waals surface area contributed by atoms with Crippen molar-refractivity contribution in [3.05, 3.63) is 11.6 Å². The van der Waals surface area contributed by atoms with Crippen molar-refractivity contribution in [3.8, 4) is 0 Å². The van der Waals surface area contributed by atoms with Crippen LogP contribution in [0.3, 0.4) is 0 Å². The Bertz CT molecular complexity index is 306. The van der Waals surface area contributed by atoms with Crippen LogP contribution in [0.25, 0.3) is 0 Å². The van der Waals surface area contributed by atoms with Gasteiger partial charge in [0.25, 0.3) is 0 Å². The maximum absolute atomic E-state index is 11.2. The molecule has 98 valence electrons. The number of allylic oxidation sites excluding steroid dienone is 1. The zero-order chi connectivity index (χ0) is 13.5. The van der Waals surface area contributed by atoms with E-state index >= 15 is 0 Å². The van der Waals surface area contributed by atoms with Crippen LogP contribution in [0.1, 0.15) is 34.6 Å². The van der Waals surface area contributed by atoms with Gasteiger partial charge in [0, 0.05) is 6.54 Å². The number of carbonyl (C=O) groups is 2. The van der Waals surface area contributed by atoms with E-state index in [2.05, 4.69) is 16.2 Å². The molecule has 6 heteroatoms. The Morgan fingerprint density at radius 3 is 2.29 bits per heavy atom. The summed E-state index contributed by atoms with van der Waals surface area (Å²) in [5.74, 6) is 0. The SMILES string of the molecule is C/C=C(\C)CNC(=O)NNC(=O)OC(C)(C)C. The number of urea groups is 1. The van der Waals surface area contributed by atoms with Gasteiger partial charge in [0.05, 0.1) is 0 Å². The predicted octanol–water partition coefficient (Wildman–Crippen LogP) is 1.69. The lowest BCUT2D eigenvalue weighted by atomic mass is 10.2. The molecule has 0 saturated heterocycles. The van der Waals surface area contributed by atoms with Gasteiger partial charge in [-0.1, -0.05) is 11.6 Å². The second-order valence-electron chi connectivity index (χ2n) is 4.57.